The third-order valence-electron chi connectivity index (χ3n) is 2.69. The molecule has 0 aliphatic rings. The number of rotatable bonds is 3. The van der Waals surface area contributed by atoms with E-state index in [-0.39, 0.29) is 0 Å². The van der Waals surface area contributed by atoms with Gasteiger partial charge in [0.05, 0.1) is 0 Å². The van der Waals surface area contributed by atoms with Gasteiger partial charge in [-0.1, -0.05) is 23.7 Å². The lowest BCUT2D eigenvalue weighted by atomic mass is 10.2. The number of nitrogens with one attached hydrogen (secondary N) is 1. The van der Waals surface area contributed by atoms with Gasteiger partial charge in [0.25, 0.3) is 0 Å². The summed E-state index contributed by atoms with van der Waals surface area (Å²) in [6, 6.07) is 7.73. The molecule has 0 fully saturated rings. The molecule has 0 saturated heterocycles. The van der Waals surface area contributed by atoms with E-state index >= 15 is 0 Å². The van der Waals surface area contributed by atoms with Gasteiger partial charge in [-0.2, -0.15) is 0 Å². The lowest BCUT2D eigenvalue weighted by Gasteiger charge is -2.08. The summed E-state index contributed by atoms with van der Waals surface area (Å²) < 4.78 is 2.67. The first-order valence-electron chi connectivity index (χ1n) is 5.70. The maximum absolute atomic E-state index is 5.96. The molecule has 0 aliphatic heterocycles. The average molecular weight is 338 g/mol. The quantitative estimate of drug-likeness (QED) is 0.791. The van der Waals surface area contributed by atoms with Crippen LogP contribution in [0.2, 0.25) is 5.02 Å². The van der Waals surface area contributed by atoms with Crippen molar-refractivity contribution in [3.05, 3.63) is 58.0 Å². The molecule has 6 heteroatoms. The predicted octanol–water partition coefficient (Wildman–Crippen LogP) is 3.76. The molecule has 1 N–H and O–H groups in total. The number of hydrogen-bond donors (Lipinski definition) is 1. The van der Waals surface area contributed by atoms with Gasteiger partial charge < -0.3 is 9.72 Å². The molecule has 0 unspecified atom stereocenters. The first-order valence-corrected chi connectivity index (χ1v) is 6.87. The molecule has 2 aromatic heterocycles. The molecule has 0 spiro atoms. The molecule has 0 bridgehead atoms. The molecule has 4 nitrogen and oxygen atoms in total. The van der Waals surface area contributed by atoms with Crippen molar-refractivity contribution in [3.63, 3.8) is 0 Å². The van der Waals surface area contributed by atoms with E-state index in [9.17, 15) is 0 Å². The average Bonchev–Trinajstić information content (AvgIpc) is 2.84. The molecule has 96 valence electrons. The highest BCUT2D eigenvalue weighted by Gasteiger charge is 2.06. The van der Waals surface area contributed by atoms with Crippen molar-refractivity contribution in [1.29, 1.82) is 0 Å². The molecule has 3 aromatic rings. The molecule has 2 heterocycles. The number of aromatic nitrogens is 3. The van der Waals surface area contributed by atoms with Gasteiger partial charge in [-0.05, 0) is 33.6 Å². The maximum Gasteiger partial charge on any atom is 0.180 e. The first-order chi connectivity index (χ1) is 9.22. The number of anilines is 1. The molecular weight excluding hydrogens is 328 g/mol. The van der Waals surface area contributed by atoms with E-state index in [1.807, 2.05) is 41.1 Å². The highest BCUT2D eigenvalue weighted by atomic mass is 79.9. The largest absolute Gasteiger partial charge is 0.363 e. The Hall–Kier alpha value is -1.59. The van der Waals surface area contributed by atoms with Gasteiger partial charge in [0.2, 0.25) is 0 Å². The summed E-state index contributed by atoms with van der Waals surface area (Å²) in [5.41, 5.74) is 1.89. The lowest BCUT2D eigenvalue weighted by Crippen LogP contribution is -2.04. The van der Waals surface area contributed by atoms with Crippen molar-refractivity contribution in [2.45, 2.75) is 6.54 Å². The van der Waals surface area contributed by atoms with Crippen LogP contribution in [0.1, 0.15) is 5.56 Å². The summed E-state index contributed by atoms with van der Waals surface area (Å²) in [4.78, 5) is 8.68. The fourth-order valence-electron chi connectivity index (χ4n) is 1.85. The van der Waals surface area contributed by atoms with Crippen molar-refractivity contribution in [2.24, 2.45) is 0 Å². The van der Waals surface area contributed by atoms with E-state index in [0.29, 0.717) is 6.54 Å². The molecule has 1 aromatic carbocycles. The standard InChI is InChI=1S/C13H10BrClN4/c14-11-8-19-5-4-16-13(19)12(18-11)17-7-9-2-1-3-10(15)6-9/h1-6,8H,7H2,(H,17,18). The number of nitrogens with zero attached hydrogens (tertiary/aromatic N) is 3. The van der Waals surface area contributed by atoms with Gasteiger partial charge in [0.1, 0.15) is 4.60 Å². The Morgan fingerprint density at radius 2 is 2.26 bits per heavy atom. The minimum absolute atomic E-state index is 0.645. The minimum Gasteiger partial charge on any atom is -0.363 e. The number of benzene rings is 1. The van der Waals surface area contributed by atoms with Crippen LogP contribution in [0.5, 0.6) is 0 Å². The van der Waals surface area contributed by atoms with Crippen molar-refractivity contribution in [1.82, 2.24) is 14.4 Å². The Bertz CT molecular complexity index is 725. The summed E-state index contributed by atoms with van der Waals surface area (Å²) in [6.07, 6.45) is 5.49. The molecule has 0 aliphatic carbocycles. The van der Waals surface area contributed by atoms with Crippen LogP contribution in [0.25, 0.3) is 5.65 Å². The SMILES string of the molecule is Clc1cccc(CNc2nc(Br)cn3ccnc23)c1. The van der Waals surface area contributed by atoms with E-state index in [4.69, 9.17) is 11.6 Å². The van der Waals surface area contributed by atoms with E-state index in [0.717, 1.165) is 26.7 Å². The normalized spacial score (nSPS) is 10.8. The van der Waals surface area contributed by atoms with Crippen molar-refractivity contribution < 1.29 is 0 Å². The Morgan fingerprint density at radius 1 is 1.37 bits per heavy atom. The highest BCUT2D eigenvalue weighted by molar-refractivity contribution is 9.10. The summed E-state index contributed by atoms with van der Waals surface area (Å²) in [5.74, 6) is 0.736. The summed E-state index contributed by atoms with van der Waals surface area (Å²) in [7, 11) is 0. The van der Waals surface area contributed by atoms with Crippen molar-refractivity contribution in [3.8, 4) is 0 Å². The Labute approximate surface area is 123 Å². The van der Waals surface area contributed by atoms with E-state index in [1.165, 1.54) is 0 Å². The smallest absolute Gasteiger partial charge is 0.180 e. The van der Waals surface area contributed by atoms with Crippen molar-refractivity contribution in [2.75, 3.05) is 5.32 Å². The molecule has 0 saturated carbocycles. The molecule has 19 heavy (non-hydrogen) atoms. The van der Waals surface area contributed by atoms with Gasteiger partial charge in [-0.25, -0.2) is 9.97 Å². The summed E-state index contributed by atoms with van der Waals surface area (Å²) in [6.45, 7) is 0.645. The van der Waals surface area contributed by atoms with Crippen LogP contribution < -0.4 is 5.32 Å². The van der Waals surface area contributed by atoms with Crippen LogP contribution in [-0.2, 0) is 6.54 Å². The third kappa shape index (κ3) is 2.72. The Morgan fingerprint density at radius 3 is 3.11 bits per heavy atom. The maximum atomic E-state index is 5.96. The molecule has 3 rings (SSSR count). The highest BCUT2D eigenvalue weighted by Crippen LogP contribution is 2.18. The van der Waals surface area contributed by atoms with Crippen LogP contribution in [0.15, 0.2) is 47.5 Å². The van der Waals surface area contributed by atoms with Gasteiger partial charge in [-0.3, -0.25) is 0 Å². The van der Waals surface area contributed by atoms with Gasteiger partial charge in [0, 0.05) is 30.2 Å². The number of imidazole rings is 1. The number of fused-ring (bicyclic) bond motifs is 1. The minimum atomic E-state index is 0.645. The number of halogens is 2. The van der Waals surface area contributed by atoms with Crippen LogP contribution in [-0.4, -0.2) is 14.4 Å². The Balaban J connectivity index is 1.87. The zero-order chi connectivity index (χ0) is 13.2. The summed E-state index contributed by atoms with van der Waals surface area (Å²) in [5, 5.41) is 4.00. The second kappa shape index (κ2) is 5.19. The predicted molar refractivity (Wildman–Crippen MR) is 79.5 cm³/mol. The number of hydrogen-bond acceptors (Lipinski definition) is 3. The second-order valence-corrected chi connectivity index (χ2v) is 5.30. The van der Waals surface area contributed by atoms with Gasteiger partial charge in [0.15, 0.2) is 11.5 Å². The molecule has 0 amide bonds. The van der Waals surface area contributed by atoms with Crippen LogP contribution >= 0.6 is 27.5 Å². The molecule has 0 atom stereocenters. The zero-order valence-corrected chi connectivity index (χ0v) is 12.2. The monoisotopic (exact) mass is 336 g/mol. The third-order valence-corrected chi connectivity index (χ3v) is 3.31. The first kappa shape index (κ1) is 12.4. The van der Waals surface area contributed by atoms with Crippen molar-refractivity contribution >= 4 is 39.0 Å². The molecule has 0 radical (unpaired) electrons. The second-order valence-electron chi connectivity index (χ2n) is 4.05. The lowest BCUT2D eigenvalue weighted by molar-refractivity contribution is 1.05. The fraction of sp³-hybridized carbons (Fsp3) is 0.0769. The van der Waals surface area contributed by atoms with E-state index < -0.39 is 0 Å². The zero-order valence-electron chi connectivity index (χ0n) is 9.85. The van der Waals surface area contributed by atoms with Crippen LogP contribution in [0, 0.1) is 0 Å². The molecular formula is C13H10BrClN4. The van der Waals surface area contributed by atoms with Crippen LogP contribution in [0.3, 0.4) is 0 Å². The van der Waals surface area contributed by atoms with Gasteiger partial charge in [-0.15, -0.1) is 0 Å². The topological polar surface area (TPSA) is 42.2 Å². The Kier molecular flexibility index (Phi) is 3.40. The van der Waals surface area contributed by atoms with E-state index in [2.05, 4.69) is 31.2 Å². The van der Waals surface area contributed by atoms with Gasteiger partial charge >= 0.3 is 0 Å². The summed E-state index contributed by atoms with van der Waals surface area (Å²) >= 11 is 9.35. The van der Waals surface area contributed by atoms with Crippen LogP contribution in [0.4, 0.5) is 5.82 Å². The van der Waals surface area contributed by atoms with E-state index in [1.54, 1.807) is 6.20 Å². The fourth-order valence-corrected chi connectivity index (χ4v) is 2.46.